The molecule has 0 radical (unpaired) electrons. The average molecular weight is 160 g/mol. The maximum Gasteiger partial charge on any atom is 0.0855 e. The van der Waals surface area contributed by atoms with Crippen molar-refractivity contribution in [1.29, 1.82) is 0 Å². The van der Waals surface area contributed by atoms with E-state index in [0.717, 1.165) is 0 Å². The van der Waals surface area contributed by atoms with Gasteiger partial charge in [0.15, 0.2) is 0 Å². The van der Waals surface area contributed by atoms with Crippen LogP contribution in [0.5, 0.6) is 0 Å². The smallest absolute Gasteiger partial charge is 0.0855 e. The predicted octanol–water partition coefficient (Wildman–Crippen LogP) is 0.560. The van der Waals surface area contributed by atoms with Crippen LogP contribution in [0.1, 0.15) is 20.3 Å². The molecule has 1 rings (SSSR count). The first kappa shape index (κ1) is 8.97. The van der Waals surface area contributed by atoms with E-state index in [9.17, 15) is 5.11 Å². The summed E-state index contributed by atoms with van der Waals surface area (Å²) >= 11 is 0. The number of ether oxygens (including phenoxy) is 2. The molecule has 4 atom stereocenters. The van der Waals surface area contributed by atoms with Crippen molar-refractivity contribution in [2.24, 2.45) is 0 Å². The fraction of sp³-hybridized carbons (Fsp3) is 1.00. The molecule has 66 valence electrons. The van der Waals surface area contributed by atoms with Crippen molar-refractivity contribution < 1.29 is 14.6 Å². The van der Waals surface area contributed by atoms with Crippen molar-refractivity contribution in [3.8, 4) is 0 Å². The van der Waals surface area contributed by atoms with Gasteiger partial charge in [-0.25, -0.2) is 0 Å². The molecular formula is C8H16O3. The van der Waals surface area contributed by atoms with Crippen molar-refractivity contribution in [3.05, 3.63) is 0 Å². The third-order valence-electron chi connectivity index (χ3n) is 2.27. The molecular weight excluding hydrogens is 144 g/mol. The van der Waals surface area contributed by atoms with Gasteiger partial charge in [0.1, 0.15) is 0 Å². The molecule has 11 heavy (non-hydrogen) atoms. The van der Waals surface area contributed by atoms with E-state index in [-0.39, 0.29) is 24.4 Å². The Labute approximate surface area is 67.3 Å². The van der Waals surface area contributed by atoms with Gasteiger partial charge in [0.05, 0.1) is 24.4 Å². The monoisotopic (exact) mass is 160 g/mol. The molecule has 1 aliphatic heterocycles. The Morgan fingerprint density at radius 3 is 2.55 bits per heavy atom. The average Bonchev–Trinajstić information content (AvgIpc) is 1.97. The number of methoxy groups -OCH3 is 1. The second-order valence-corrected chi connectivity index (χ2v) is 3.12. The minimum Gasteiger partial charge on any atom is -0.390 e. The minimum atomic E-state index is -0.379. The molecule has 0 saturated carbocycles. The molecule has 1 heterocycles. The molecule has 0 spiro atoms. The van der Waals surface area contributed by atoms with Crippen molar-refractivity contribution in [2.45, 2.75) is 44.7 Å². The van der Waals surface area contributed by atoms with E-state index < -0.39 is 0 Å². The summed E-state index contributed by atoms with van der Waals surface area (Å²) in [4.78, 5) is 0. The van der Waals surface area contributed by atoms with Crippen LogP contribution in [-0.2, 0) is 9.47 Å². The third-order valence-corrected chi connectivity index (χ3v) is 2.27. The molecule has 1 saturated heterocycles. The van der Waals surface area contributed by atoms with Gasteiger partial charge in [0.2, 0.25) is 0 Å². The summed E-state index contributed by atoms with van der Waals surface area (Å²) in [6.07, 6.45) is 0.380. The van der Waals surface area contributed by atoms with Crippen molar-refractivity contribution in [1.82, 2.24) is 0 Å². The Bertz CT molecular complexity index is 127. The summed E-state index contributed by atoms with van der Waals surface area (Å²) in [5.41, 5.74) is 0. The van der Waals surface area contributed by atoms with Crippen LogP contribution in [0.15, 0.2) is 0 Å². The van der Waals surface area contributed by atoms with Gasteiger partial charge in [-0.05, 0) is 13.8 Å². The zero-order chi connectivity index (χ0) is 8.43. The highest BCUT2D eigenvalue weighted by molar-refractivity contribution is 4.80. The Morgan fingerprint density at radius 2 is 2.00 bits per heavy atom. The van der Waals surface area contributed by atoms with E-state index in [2.05, 4.69) is 0 Å². The number of hydrogen-bond acceptors (Lipinski definition) is 3. The summed E-state index contributed by atoms with van der Waals surface area (Å²) in [5.74, 6) is 0. The second kappa shape index (κ2) is 3.52. The predicted molar refractivity (Wildman–Crippen MR) is 41.4 cm³/mol. The van der Waals surface area contributed by atoms with E-state index in [1.165, 1.54) is 0 Å². The zero-order valence-electron chi connectivity index (χ0n) is 7.28. The fourth-order valence-corrected chi connectivity index (χ4v) is 1.43. The molecule has 4 unspecified atom stereocenters. The molecule has 0 aromatic heterocycles. The molecule has 0 aliphatic carbocycles. The normalized spacial score (nSPS) is 45.8. The van der Waals surface area contributed by atoms with Crippen molar-refractivity contribution >= 4 is 0 Å². The van der Waals surface area contributed by atoms with Crippen LogP contribution < -0.4 is 0 Å². The minimum absolute atomic E-state index is 0.0428. The van der Waals surface area contributed by atoms with Crippen molar-refractivity contribution in [3.63, 3.8) is 0 Å². The summed E-state index contributed by atoms with van der Waals surface area (Å²) < 4.78 is 10.6. The lowest BCUT2D eigenvalue weighted by Gasteiger charge is -2.35. The summed E-state index contributed by atoms with van der Waals surface area (Å²) in [6.45, 7) is 3.85. The molecule has 0 aromatic carbocycles. The molecule has 1 aliphatic rings. The quantitative estimate of drug-likeness (QED) is 0.609. The van der Waals surface area contributed by atoms with Gasteiger partial charge in [-0.1, -0.05) is 0 Å². The van der Waals surface area contributed by atoms with E-state index in [0.29, 0.717) is 6.42 Å². The topological polar surface area (TPSA) is 38.7 Å². The Kier molecular flexibility index (Phi) is 2.87. The highest BCUT2D eigenvalue weighted by Gasteiger charge is 2.31. The van der Waals surface area contributed by atoms with Crippen LogP contribution in [0, 0.1) is 0 Å². The number of aliphatic hydroxyl groups excluding tert-OH is 1. The lowest BCUT2D eigenvalue weighted by Crippen LogP contribution is -2.45. The first-order chi connectivity index (χ1) is 5.15. The van der Waals surface area contributed by atoms with Gasteiger partial charge in [-0.15, -0.1) is 0 Å². The van der Waals surface area contributed by atoms with Crippen LogP contribution in [-0.4, -0.2) is 36.6 Å². The maximum atomic E-state index is 9.39. The number of aliphatic hydroxyl groups is 1. The SMILES string of the molecule is COC1CC(O)C(C)OC1C. The number of hydrogen-bond donors (Lipinski definition) is 1. The van der Waals surface area contributed by atoms with E-state index in [4.69, 9.17) is 9.47 Å². The van der Waals surface area contributed by atoms with Crippen LogP contribution in [0.3, 0.4) is 0 Å². The van der Waals surface area contributed by atoms with Gasteiger partial charge < -0.3 is 14.6 Å². The maximum absolute atomic E-state index is 9.39. The summed E-state index contributed by atoms with van der Waals surface area (Å²) in [6, 6.07) is 0. The van der Waals surface area contributed by atoms with Gasteiger partial charge in [0.25, 0.3) is 0 Å². The fourth-order valence-electron chi connectivity index (χ4n) is 1.43. The Balaban J connectivity index is 2.48. The molecule has 1 N–H and O–H groups in total. The van der Waals surface area contributed by atoms with E-state index in [1.807, 2.05) is 13.8 Å². The summed E-state index contributed by atoms with van der Waals surface area (Å²) in [7, 11) is 1.65. The summed E-state index contributed by atoms with van der Waals surface area (Å²) in [5, 5.41) is 9.39. The molecule has 1 fully saturated rings. The largest absolute Gasteiger partial charge is 0.390 e. The zero-order valence-corrected chi connectivity index (χ0v) is 7.28. The molecule has 3 heteroatoms. The van der Waals surface area contributed by atoms with Gasteiger partial charge in [-0.2, -0.15) is 0 Å². The van der Waals surface area contributed by atoms with Crippen LogP contribution >= 0.6 is 0 Å². The molecule has 0 aromatic rings. The first-order valence-corrected chi connectivity index (χ1v) is 4.01. The second-order valence-electron chi connectivity index (χ2n) is 3.12. The Hall–Kier alpha value is -0.120. The molecule has 0 bridgehead atoms. The van der Waals surface area contributed by atoms with E-state index in [1.54, 1.807) is 7.11 Å². The van der Waals surface area contributed by atoms with Crippen LogP contribution in [0.4, 0.5) is 0 Å². The molecule has 3 nitrogen and oxygen atoms in total. The highest BCUT2D eigenvalue weighted by Crippen LogP contribution is 2.21. The van der Waals surface area contributed by atoms with Crippen LogP contribution in [0.2, 0.25) is 0 Å². The van der Waals surface area contributed by atoms with Crippen molar-refractivity contribution in [2.75, 3.05) is 7.11 Å². The van der Waals surface area contributed by atoms with Gasteiger partial charge >= 0.3 is 0 Å². The lowest BCUT2D eigenvalue weighted by atomic mass is 10.00. The third kappa shape index (κ3) is 1.92. The highest BCUT2D eigenvalue weighted by atomic mass is 16.6. The van der Waals surface area contributed by atoms with Gasteiger partial charge in [-0.3, -0.25) is 0 Å². The van der Waals surface area contributed by atoms with Crippen LogP contribution in [0.25, 0.3) is 0 Å². The number of rotatable bonds is 1. The van der Waals surface area contributed by atoms with E-state index >= 15 is 0 Å². The standard InChI is InChI=1S/C8H16O3/c1-5-7(9)4-8(10-3)6(2)11-5/h5-9H,4H2,1-3H3. The first-order valence-electron chi connectivity index (χ1n) is 4.01. The van der Waals surface area contributed by atoms with Gasteiger partial charge in [0, 0.05) is 13.5 Å². The molecule has 0 amide bonds. The lowest BCUT2D eigenvalue weighted by molar-refractivity contribution is -0.163. The Morgan fingerprint density at radius 1 is 1.36 bits per heavy atom.